The minimum Gasteiger partial charge on any atom is -0.542 e. The highest BCUT2D eigenvalue weighted by Gasteiger charge is 2.03. The molecular formula is C14H17NO4. The molecule has 0 saturated carbocycles. The van der Waals surface area contributed by atoms with Crippen LogP contribution in [0.2, 0.25) is 0 Å². The van der Waals surface area contributed by atoms with Crippen LogP contribution < -0.4 is 15.9 Å². The molecule has 0 atom stereocenters. The van der Waals surface area contributed by atoms with E-state index in [1.807, 2.05) is 0 Å². The van der Waals surface area contributed by atoms with Gasteiger partial charge in [0.1, 0.15) is 11.6 Å². The van der Waals surface area contributed by atoms with Gasteiger partial charge in [-0.05, 0) is 26.0 Å². The van der Waals surface area contributed by atoms with E-state index >= 15 is 0 Å². The lowest BCUT2D eigenvalue weighted by Gasteiger charge is -2.02. The molecule has 0 saturated heterocycles. The number of hydrogen-bond acceptors (Lipinski definition) is 4. The molecule has 0 spiro atoms. The number of rotatable bonds is 3. The van der Waals surface area contributed by atoms with Crippen molar-refractivity contribution in [3.63, 3.8) is 0 Å². The zero-order valence-corrected chi connectivity index (χ0v) is 11.0. The first kappa shape index (κ1) is 14.9. The van der Waals surface area contributed by atoms with Crippen molar-refractivity contribution in [1.29, 1.82) is 0 Å². The van der Waals surface area contributed by atoms with Crippen LogP contribution in [0, 0.1) is 0 Å². The number of quaternary nitrogens is 1. The summed E-state index contributed by atoms with van der Waals surface area (Å²) in [6, 6.07) is 7.35. The Labute approximate surface area is 110 Å². The molecule has 0 aliphatic heterocycles. The number of carbonyl (C=O) groups excluding carboxylic acids is 1. The van der Waals surface area contributed by atoms with Gasteiger partial charge < -0.3 is 19.6 Å². The number of fused-ring (bicyclic) bond motifs is 1. The Morgan fingerprint density at radius 3 is 2.42 bits per heavy atom. The SMILES string of the molecule is CC[NH2+]CC.O=C([O-])c1cc(=O)c2ccccc2o1. The zero-order valence-electron chi connectivity index (χ0n) is 11.0. The van der Waals surface area contributed by atoms with E-state index < -0.39 is 11.7 Å². The molecule has 0 aliphatic rings. The largest absolute Gasteiger partial charge is 0.542 e. The summed E-state index contributed by atoms with van der Waals surface area (Å²) in [4.78, 5) is 21.8. The van der Waals surface area contributed by atoms with Gasteiger partial charge in [-0.3, -0.25) is 4.79 Å². The van der Waals surface area contributed by atoms with E-state index in [2.05, 4.69) is 19.2 Å². The third-order valence-corrected chi connectivity index (χ3v) is 2.41. The van der Waals surface area contributed by atoms with E-state index in [-0.39, 0.29) is 11.0 Å². The molecule has 2 rings (SSSR count). The Morgan fingerprint density at radius 2 is 1.89 bits per heavy atom. The molecule has 0 radical (unpaired) electrons. The van der Waals surface area contributed by atoms with Gasteiger partial charge in [-0.2, -0.15) is 0 Å². The Kier molecular flexibility index (Phi) is 5.75. The average molecular weight is 263 g/mol. The molecular weight excluding hydrogens is 246 g/mol. The molecule has 5 heteroatoms. The summed E-state index contributed by atoms with van der Waals surface area (Å²) in [6.07, 6.45) is 0. The maximum atomic E-state index is 11.4. The van der Waals surface area contributed by atoms with Crippen LogP contribution in [0.3, 0.4) is 0 Å². The second-order valence-corrected chi connectivity index (χ2v) is 3.86. The van der Waals surface area contributed by atoms with Crippen LogP contribution in [-0.4, -0.2) is 19.1 Å². The fourth-order valence-corrected chi connectivity index (χ4v) is 1.49. The molecule has 0 amide bonds. The monoisotopic (exact) mass is 263 g/mol. The number of carboxylic acids is 1. The van der Waals surface area contributed by atoms with Gasteiger partial charge in [0.2, 0.25) is 0 Å². The van der Waals surface area contributed by atoms with Crippen molar-refractivity contribution in [2.75, 3.05) is 13.1 Å². The van der Waals surface area contributed by atoms with Crippen molar-refractivity contribution in [1.82, 2.24) is 0 Å². The molecule has 0 aliphatic carbocycles. The quantitative estimate of drug-likeness (QED) is 0.827. The first-order valence-corrected chi connectivity index (χ1v) is 6.16. The van der Waals surface area contributed by atoms with Crippen LogP contribution in [0.5, 0.6) is 0 Å². The fourth-order valence-electron chi connectivity index (χ4n) is 1.49. The van der Waals surface area contributed by atoms with E-state index in [1.165, 1.54) is 19.2 Å². The predicted molar refractivity (Wildman–Crippen MR) is 69.8 cm³/mol. The Bertz CT molecular complexity index is 602. The van der Waals surface area contributed by atoms with Gasteiger partial charge in [-0.1, -0.05) is 12.1 Å². The standard InChI is InChI=1S/C10H6O4.C4H11N/c11-7-5-9(10(12)13)14-8-4-2-1-3-6(7)8;1-3-5-4-2/h1-5H,(H,12,13);5H,3-4H2,1-2H3. The minimum atomic E-state index is -1.49. The lowest BCUT2D eigenvalue weighted by Crippen LogP contribution is -2.82. The summed E-state index contributed by atoms with van der Waals surface area (Å²) in [6.45, 7) is 6.75. The zero-order chi connectivity index (χ0) is 14.3. The van der Waals surface area contributed by atoms with Crippen LogP contribution in [0.15, 0.2) is 39.5 Å². The highest BCUT2D eigenvalue weighted by atomic mass is 16.4. The predicted octanol–water partition coefficient (Wildman–Crippen LogP) is -0.254. The molecule has 102 valence electrons. The molecule has 1 heterocycles. The third kappa shape index (κ3) is 4.22. The van der Waals surface area contributed by atoms with Crippen LogP contribution in [0.25, 0.3) is 11.0 Å². The summed E-state index contributed by atoms with van der Waals surface area (Å²) in [5.74, 6) is -1.94. The second kappa shape index (κ2) is 7.33. The van der Waals surface area contributed by atoms with Gasteiger partial charge in [0.15, 0.2) is 11.2 Å². The van der Waals surface area contributed by atoms with Gasteiger partial charge >= 0.3 is 0 Å². The topological polar surface area (TPSA) is 87.0 Å². The average Bonchev–Trinajstić information content (AvgIpc) is 2.40. The van der Waals surface area contributed by atoms with Crippen LogP contribution in [0.1, 0.15) is 24.4 Å². The lowest BCUT2D eigenvalue weighted by molar-refractivity contribution is -0.648. The van der Waals surface area contributed by atoms with Crippen LogP contribution in [0.4, 0.5) is 0 Å². The summed E-state index contributed by atoms with van der Waals surface area (Å²) in [5, 5.41) is 13.1. The minimum absolute atomic E-state index is 0.249. The molecule has 0 fully saturated rings. The third-order valence-electron chi connectivity index (χ3n) is 2.41. The molecule has 1 aromatic carbocycles. The second-order valence-electron chi connectivity index (χ2n) is 3.86. The molecule has 2 aromatic rings. The summed E-state index contributed by atoms with van der Waals surface area (Å²) in [7, 11) is 0. The van der Waals surface area contributed by atoms with Crippen LogP contribution >= 0.6 is 0 Å². The van der Waals surface area contributed by atoms with E-state index in [9.17, 15) is 14.7 Å². The highest BCUT2D eigenvalue weighted by molar-refractivity contribution is 5.85. The highest BCUT2D eigenvalue weighted by Crippen LogP contribution is 2.10. The summed E-state index contributed by atoms with van der Waals surface area (Å²) in [5.41, 5.74) is -0.134. The number of nitrogens with two attached hydrogens (primary N) is 1. The fraction of sp³-hybridized carbons (Fsp3) is 0.286. The number of carboxylic acid groups (broad SMARTS) is 1. The lowest BCUT2D eigenvalue weighted by atomic mass is 10.2. The van der Waals surface area contributed by atoms with E-state index in [0.717, 1.165) is 6.07 Å². The first-order chi connectivity index (χ1) is 9.10. The van der Waals surface area contributed by atoms with E-state index in [0.29, 0.717) is 5.39 Å². The number of benzene rings is 1. The van der Waals surface area contributed by atoms with Crippen molar-refractivity contribution >= 4 is 16.9 Å². The van der Waals surface area contributed by atoms with Crippen molar-refractivity contribution in [3.05, 3.63) is 46.3 Å². The van der Waals surface area contributed by atoms with Gasteiger partial charge in [0.05, 0.1) is 18.5 Å². The Balaban J connectivity index is 0.000000312. The molecule has 5 nitrogen and oxygen atoms in total. The Morgan fingerprint density at radius 1 is 1.26 bits per heavy atom. The van der Waals surface area contributed by atoms with E-state index in [4.69, 9.17) is 4.42 Å². The van der Waals surface area contributed by atoms with E-state index in [1.54, 1.807) is 18.2 Å². The normalized spacial score (nSPS) is 9.79. The van der Waals surface area contributed by atoms with Crippen molar-refractivity contribution in [2.24, 2.45) is 0 Å². The smallest absolute Gasteiger partial charge is 0.193 e. The summed E-state index contributed by atoms with van der Waals surface area (Å²) >= 11 is 0. The van der Waals surface area contributed by atoms with Gasteiger partial charge in [-0.25, -0.2) is 0 Å². The number of para-hydroxylation sites is 1. The summed E-state index contributed by atoms with van der Waals surface area (Å²) < 4.78 is 4.94. The molecule has 19 heavy (non-hydrogen) atoms. The molecule has 2 N–H and O–H groups in total. The maximum Gasteiger partial charge on any atom is 0.193 e. The number of hydrogen-bond donors (Lipinski definition) is 1. The van der Waals surface area contributed by atoms with Crippen molar-refractivity contribution < 1.29 is 19.6 Å². The molecule has 0 unspecified atom stereocenters. The van der Waals surface area contributed by atoms with Crippen LogP contribution in [-0.2, 0) is 0 Å². The molecule has 1 aromatic heterocycles. The number of aromatic carboxylic acids is 1. The van der Waals surface area contributed by atoms with Crippen molar-refractivity contribution in [3.8, 4) is 0 Å². The number of carbonyl (C=O) groups is 1. The Hall–Kier alpha value is -2.14. The molecule has 0 bridgehead atoms. The van der Waals surface area contributed by atoms with Crippen molar-refractivity contribution in [2.45, 2.75) is 13.8 Å². The van der Waals surface area contributed by atoms with Gasteiger partial charge in [0.25, 0.3) is 0 Å². The maximum absolute atomic E-state index is 11.4. The van der Waals surface area contributed by atoms with Gasteiger partial charge in [-0.15, -0.1) is 0 Å². The van der Waals surface area contributed by atoms with Gasteiger partial charge in [0, 0.05) is 6.07 Å². The first-order valence-electron chi connectivity index (χ1n) is 6.16.